The molecule has 0 saturated carbocycles. The fourth-order valence-electron chi connectivity index (χ4n) is 2.66. The van der Waals surface area contributed by atoms with Gasteiger partial charge in [-0.15, -0.1) is 0 Å². The number of aliphatic hydroxyl groups is 1. The van der Waals surface area contributed by atoms with Crippen LogP contribution in [0.2, 0.25) is 0 Å². The number of rotatable bonds is 3. The summed E-state index contributed by atoms with van der Waals surface area (Å²) in [7, 11) is 0. The highest BCUT2D eigenvalue weighted by Crippen LogP contribution is 2.21. The van der Waals surface area contributed by atoms with E-state index in [2.05, 4.69) is 36.1 Å². The summed E-state index contributed by atoms with van der Waals surface area (Å²) in [6.07, 6.45) is 2.11. The Morgan fingerprint density at radius 2 is 2.06 bits per heavy atom. The highest BCUT2D eigenvalue weighted by molar-refractivity contribution is 5.22. The fraction of sp³-hybridized carbons (Fsp3) is 0.600. The number of benzene rings is 1. The van der Waals surface area contributed by atoms with Crippen molar-refractivity contribution in [3.63, 3.8) is 0 Å². The highest BCUT2D eigenvalue weighted by Gasteiger charge is 2.22. The number of nitrogens with zero attached hydrogens (tertiary/aromatic N) is 1. The molecule has 1 fully saturated rings. The SMILES string of the molecule is Cc1cccc(CN2CCC(C(C)O)CC2)c1. The van der Waals surface area contributed by atoms with E-state index in [1.807, 2.05) is 6.92 Å². The topological polar surface area (TPSA) is 23.5 Å². The molecule has 0 aliphatic carbocycles. The summed E-state index contributed by atoms with van der Waals surface area (Å²) in [5.41, 5.74) is 2.74. The van der Waals surface area contributed by atoms with Crippen LogP contribution in [0, 0.1) is 12.8 Å². The molecule has 0 spiro atoms. The zero-order valence-electron chi connectivity index (χ0n) is 10.9. The molecule has 94 valence electrons. The van der Waals surface area contributed by atoms with E-state index in [1.54, 1.807) is 0 Å². The third-order valence-corrected chi connectivity index (χ3v) is 3.80. The Morgan fingerprint density at radius 3 is 2.65 bits per heavy atom. The normalized spacial score (nSPS) is 20.4. The molecule has 2 nitrogen and oxygen atoms in total. The molecule has 0 aromatic heterocycles. The first-order valence-electron chi connectivity index (χ1n) is 6.61. The van der Waals surface area contributed by atoms with Crippen LogP contribution in [-0.4, -0.2) is 29.2 Å². The van der Waals surface area contributed by atoms with Crippen LogP contribution in [0.1, 0.15) is 30.9 Å². The van der Waals surface area contributed by atoms with Gasteiger partial charge in [-0.25, -0.2) is 0 Å². The van der Waals surface area contributed by atoms with Gasteiger partial charge in [0.05, 0.1) is 6.10 Å². The minimum atomic E-state index is -0.142. The Bertz CT molecular complexity index is 354. The summed E-state index contributed by atoms with van der Waals surface area (Å²) in [6, 6.07) is 8.74. The smallest absolute Gasteiger partial charge is 0.0541 e. The quantitative estimate of drug-likeness (QED) is 0.867. The second-order valence-corrected chi connectivity index (χ2v) is 5.34. The number of aliphatic hydroxyl groups excluding tert-OH is 1. The van der Waals surface area contributed by atoms with Gasteiger partial charge >= 0.3 is 0 Å². The molecular weight excluding hydrogens is 210 g/mol. The first kappa shape index (κ1) is 12.6. The first-order chi connectivity index (χ1) is 8.15. The van der Waals surface area contributed by atoms with Crippen LogP contribution >= 0.6 is 0 Å². The molecule has 1 N–H and O–H groups in total. The van der Waals surface area contributed by atoms with Crippen LogP contribution in [0.5, 0.6) is 0 Å². The van der Waals surface area contributed by atoms with Gasteiger partial charge in [-0.1, -0.05) is 29.8 Å². The van der Waals surface area contributed by atoms with Gasteiger partial charge in [-0.2, -0.15) is 0 Å². The Labute approximate surface area is 104 Å². The standard InChI is InChI=1S/C15H23NO/c1-12-4-3-5-14(10-12)11-16-8-6-15(7-9-16)13(2)17/h3-5,10,13,15,17H,6-9,11H2,1-2H3. The van der Waals surface area contributed by atoms with Crippen LogP contribution in [0.3, 0.4) is 0 Å². The lowest BCUT2D eigenvalue weighted by Gasteiger charge is -2.33. The van der Waals surface area contributed by atoms with Crippen molar-refractivity contribution in [1.82, 2.24) is 4.90 Å². The van der Waals surface area contributed by atoms with Crippen LogP contribution in [-0.2, 0) is 6.54 Å². The average Bonchev–Trinajstić information content (AvgIpc) is 2.29. The summed E-state index contributed by atoms with van der Waals surface area (Å²) in [4.78, 5) is 2.49. The van der Waals surface area contributed by atoms with Crippen molar-refractivity contribution in [2.24, 2.45) is 5.92 Å². The Hall–Kier alpha value is -0.860. The summed E-state index contributed by atoms with van der Waals surface area (Å²) in [5, 5.41) is 9.57. The molecule has 0 amide bonds. The van der Waals surface area contributed by atoms with Crippen LogP contribution < -0.4 is 0 Å². The molecular formula is C15H23NO. The predicted octanol–water partition coefficient (Wildman–Crippen LogP) is 2.59. The number of likely N-dealkylation sites (tertiary alicyclic amines) is 1. The van der Waals surface area contributed by atoms with Gasteiger partial charge in [-0.3, -0.25) is 4.90 Å². The Morgan fingerprint density at radius 1 is 1.35 bits per heavy atom. The van der Waals surface area contributed by atoms with Crippen molar-refractivity contribution in [3.05, 3.63) is 35.4 Å². The molecule has 2 heteroatoms. The van der Waals surface area contributed by atoms with E-state index in [0.717, 1.165) is 32.5 Å². The van der Waals surface area contributed by atoms with Gasteiger partial charge in [-0.05, 0) is 51.3 Å². The Balaban J connectivity index is 1.86. The minimum Gasteiger partial charge on any atom is -0.393 e. The van der Waals surface area contributed by atoms with E-state index in [0.29, 0.717) is 5.92 Å². The predicted molar refractivity (Wildman–Crippen MR) is 70.9 cm³/mol. The lowest BCUT2D eigenvalue weighted by molar-refractivity contribution is 0.0695. The van der Waals surface area contributed by atoms with E-state index >= 15 is 0 Å². The lowest BCUT2D eigenvalue weighted by atomic mass is 9.92. The minimum absolute atomic E-state index is 0.142. The molecule has 1 heterocycles. The molecule has 2 rings (SSSR count). The molecule has 0 radical (unpaired) electrons. The highest BCUT2D eigenvalue weighted by atomic mass is 16.3. The van der Waals surface area contributed by atoms with Gasteiger partial charge in [0.2, 0.25) is 0 Å². The van der Waals surface area contributed by atoms with E-state index in [4.69, 9.17) is 0 Å². The van der Waals surface area contributed by atoms with Crippen molar-refractivity contribution in [1.29, 1.82) is 0 Å². The van der Waals surface area contributed by atoms with Gasteiger partial charge < -0.3 is 5.11 Å². The summed E-state index contributed by atoms with van der Waals surface area (Å²) in [5.74, 6) is 0.503. The molecule has 0 bridgehead atoms. The zero-order chi connectivity index (χ0) is 12.3. The molecule has 1 saturated heterocycles. The average molecular weight is 233 g/mol. The number of hydrogen-bond donors (Lipinski definition) is 1. The first-order valence-corrected chi connectivity index (χ1v) is 6.61. The molecule has 1 aliphatic rings. The van der Waals surface area contributed by atoms with E-state index < -0.39 is 0 Å². The fourth-order valence-corrected chi connectivity index (χ4v) is 2.66. The van der Waals surface area contributed by atoms with E-state index in [9.17, 15) is 5.11 Å². The van der Waals surface area contributed by atoms with Gasteiger partial charge in [0, 0.05) is 6.54 Å². The molecule has 17 heavy (non-hydrogen) atoms. The maximum Gasteiger partial charge on any atom is 0.0541 e. The number of piperidine rings is 1. The van der Waals surface area contributed by atoms with Crippen molar-refractivity contribution < 1.29 is 5.11 Å². The van der Waals surface area contributed by atoms with Gasteiger partial charge in [0.25, 0.3) is 0 Å². The second-order valence-electron chi connectivity index (χ2n) is 5.34. The summed E-state index contributed by atoms with van der Waals surface area (Å²) in [6.45, 7) is 7.34. The van der Waals surface area contributed by atoms with Gasteiger partial charge in [0.15, 0.2) is 0 Å². The zero-order valence-corrected chi connectivity index (χ0v) is 10.9. The van der Waals surface area contributed by atoms with Crippen molar-refractivity contribution in [3.8, 4) is 0 Å². The molecule has 1 aromatic rings. The lowest BCUT2D eigenvalue weighted by Crippen LogP contribution is -2.36. The molecule has 1 atom stereocenters. The van der Waals surface area contributed by atoms with Crippen LogP contribution in [0.25, 0.3) is 0 Å². The molecule has 1 aliphatic heterocycles. The number of aryl methyl sites for hydroxylation is 1. The third kappa shape index (κ3) is 3.55. The second kappa shape index (κ2) is 5.65. The van der Waals surface area contributed by atoms with E-state index in [1.165, 1.54) is 11.1 Å². The number of hydrogen-bond acceptors (Lipinski definition) is 2. The molecule has 1 aromatic carbocycles. The molecule has 1 unspecified atom stereocenters. The third-order valence-electron chi connectivity index (χ3n) is 3.80. The van der Waals surface area contributed by atoms with Crippen LogP contribution in [0.4, 0.5) is 0 Å². The summed E-state index contributed by atoms with van der Waals surface area (Å²) >= 11 is 0. The Kier molecular flexibility index (Phi) is 4.19. The maximum atomic E-state index is 9.57. The van der Waals surface area contributed by atoms with Crippen LogP contribution in [0.15, 0.2) is 24.3 Å². The van der Waals surface area contributed by atoms with E-state index in [-0.39, 0.29) is 6.10 Å². The van der Waals surface area contributed by atoms with Crippen molar-refractivity contribution in [2.75, 3.05) is 13.1 Å². The maximum absolute atomic E-state index is 9.57. The largest absolute Gasteiger partial charge is 0.393 e. The van der Waals surface area contributed by atoms with Crippen molar-refractivity contribution >= 4 is 0 Å². The van der Waals surface area contributed by atoms with Gasteiger partial charge in [0.1, 0.15) is 0 Å². The monoisotopic (exact) mass is 233 g/mol. The summed E-state index contributed by atoms with van der Waals surface area (Å²) < 4.78 is 0. The van der Waals surface area contributed by atoms with Crippen molar-refractivity contribution in [2.45, 2.75) is 39.3 Å².